The molecule has 3 saturated heterocycles. The van der Waals surface area contributed by atoms with Gasteiger partial charge in [0.15, 0.2) is 0 Å². The van der Waals surface area contributed by atoms with Crippen molar-refractivity contribution in [1.82, 2.24) is 14.7 Å². The number of carbonyl (C=O) groups is 3. The minimum Gasteiger partial charge on any atom is -0.475 e. The third-order valence-corrected chi connectivity index (χ3v) is 10.6. The number of carbonyl (C=O) groups excluding carboxylic acids is 2. The first-order valence-corrected chi connectivity index (χ1v) is 16.4. The van der Waals surface area contributed by atoms with E-state index in [1.54, 1.807) is 0 Å². The fraction of sp³-hybridized carbons (Fsp3) is 0.735. The summed E-state index contributed by atoms with van der Waals surface area (Å²) in [4.78, 5) is 42.3. The van der Waals surface area contributed by atoms with Crippen LogP contribution < -0.4 is 0 Å². The molecular weight excluding hydrogens is 606 g/mol. The molecule has 1 saturated carbocycles. The number of ether oxygens (including phenoxy) is 1. The van der Waals surface area contributed by atoms with Crippen molar-refractivity contribution in [3.8, 4) is 0 Å². The Morgan fingerprint density at radius 2 is 1.54 bits per heavy atom. The number of carboxylic acid groups (broad SMARTS) is 1. The number of nitrogens with zero attached hydrogens (tertiary/aromatic N) is 3. The first-order chi connectivity index (χ1) is 21.3. The van der Waals surface area contributed by atoms with E-state index >= 15 is 0 Å². The Bertz CT molecular complexity index is 1230. The number of likely N-dealkylation sites (tertiary alicyclic amines) is 2. The van der Waals surface area contributed by atoms with Crippen molar-refractivity contribution in [3.63, 3.8) is 0 Å². The number of carboxylic acids is 1. The van der Waals surface area contributed by atoms with Crippen LogP contribution in [0.5, 0.6) is 0 Å². The van der Waals surface area contributed by atoms with Gasteiger partial charge in [0.05, 0.1) is 11.5 Å². The van der Waals surface area contributed by atoms with Gasteiger partial charge in [-0.1, -0.05) is 31.4 Å². The quantitative estimate of drug-likeness (QED) is 0.356. The van der Waals surface area contributed by atoms with E-state index in [-0.39, 0.29) is 46.1 Å². The zero-order valence-corrected chi connectivity index (χ0v) is 27.7. The van der Waals surface area contributed by atoms with Crippen molar-refractivity contribution in [2.45, 2.75) is 103 Å². The Morgan fingerprint density at radius 1 is 0.978 bits per heavy atom. The van der Waals surface area contributed by atoms with Gasteiger partial charge in [-0.05, 0) is 89.3 Å². The molecule has 0 unspecified atom stereocenters. The molecule has 0 spiro atoms. The highest BCUT2D eigenvalue weighted by atomic mass is 19.4. The van der Waals surface area contributed by atoms with Gasteiger partial charge in [0.1, 0.15) is 12.4 Å². The Hall–Kier alpha value is -2.89. The van der Waals surface area contributed by atoms with E-state index in [4.69, 9.17) is 14.6 Å². The summed E-state index contributed by atoms with van der Waals surface area (Å²) in [7, 11) is 0. The first kappa shape index (κ1) is 36.0. The van der Waals surface area contributed by atoms with Crippen molar-refractivity contribution in [1.29, 1.82) is 0 Å². The van der Waals surface area contributed by atoms with Crippen LogP contribution in [0, 0.1) is 23.1 Å². The van der Waals surface area contributed by atoms with Crippen molar-refractivity contribution < 1.29 is 41.8 Å². The van der Waals surface area contributed by atoms with Crippen molar-refractivity contribution in [2.75, 3.05) is 39.3 Å². The van der Waals surface area contributed by atoms with E-state index in [0.717, 1.165) is 51.1 Å². The highest BCUT2D eigenvalue weighted by Crippen LogP contribution is 2.48. The lowest BCUT2D eigenvalue weighted by molar-refractivity contribution is -0.192. The van der Waals surface area contributed by atoms with Gasteiger partial charge < -0.3 is 14.7 Å². The summed E-state index contributed by atoms with van der Waals surface area (Å²) in [6.45, 7) is 15.0. The predicted octanol–water partition coefficient (Wildman–Crippen LogP) is 6.69. The number of benzene rings is 1. The average molecular weight is 656 g/mol. The topological polar surface area (TPSA) is 90.4 Å². The Labute approximate surface area is 269 Å². The van der Waals surface area contributed by atoms with Crippen LogP contribution in [-0.4, -0.2) is 94.4 Å². The van der Waals surface area contributed by atoms with E-state index in [1.807, 2.05) is 17.0 Å². The van der Waals surface area contributed by atoms with E-state index < -0.39 is 12.1 Å². The number of cyclic esters (lactones) is 1. The first-order valence-electron chi connectivity index (χ1n) is 16.4. The van der Waals surface area contributed by atoms with Gasteiger partial charge in [-0.2, -0.15) is 13.2 Å². The highest BCUT2D eigenvalue weighted by molar-refractivity contribution is 5.81. The molecule has 1 aromatic carbocycles. The van der Waals surface area contributed by atoms with Gasteiger partial charge in [-0.25, -0.2) is 14.0 Å². The fourth-order valence-corrected chi connectivity index (χ4v) is 7.70. The van der Waals surface area contributed by atoms with Gasteiger partial charge in [0.25, 0.3) is 0 Å². The number of hydrogen-bond donors (Lipinski definition) is 1. The molecule has 0 radical (unpaired) electrons. The molecule has 8 nitrogen and oxygen atoms in total. The molecule has 3 aliphatic heterocycles. The van der Waals surface area contributed by atoms with Crippen LogP contribution in [0.15, 0.2) is 24.3 Å². The SMILES string of the molecule is CC(C)(C)N1C[C@@H](C(=O)N2CCC(CN3C(=O)OCC3(C)C)(C3CCCCC3)CC2)[C@H](c2ccc(F)cc2)C1.O=C(O)C(F)(F)F. The number of amides is 2. The summed E-state index contributed by atoms with van der Waals surface area (Å²) in [5.74, 6) is -2.26. The van der Waals surface area contributed by atoms with Crippen molar-refractivity contribution >= 4 is 18.0 Å². The number of rotatable bonds is 5. The Balaban J connectivity index is 0.000000617. The minimum absolute atomic E-state index is 0.0291. The molecule has 5 rings (SSSR count). The van der Waals surface area contributed by atoms with Crippen LogP contribution in [0.1, 0.15) is 91.0 Å². The maximum absolute atomic E-state index is 14.2. The molecular formula is C34H49F4N3O5. The summed E-state index contributed by atoms with van der Waals surface area (Å²) in [5, 5.41) is 7.12. The van der Waals surface area contributed by atoms with E-state index in [9.17, 15) is 27.2 Å². The third kappa shape index (κ3) is 8.15. The Kier molecular flexibility index (Phi) is 10.7. The molecule has 1 aromatic rings. The lowest BCUT2D eigenvalue weighted by Crippen LogP contribution is -2.55. The number of alkyl halides is 3. The van der Waals surface area contributed by atoms with Crippen LogP contribution in [0.4, 0.5) is 22.4 Å². The molecule has 1 N–H and O–H groups in total. The Morgan fingerprint density at radius 3 is 2.02 bits per heavy atom. The maximum Gasteiger partial charge on any atom is 0.490 e. The minimum atomic E-state index is -5.08. The largest absolute Gasteiger partial charge is 0.490 e. The highest BCUT2D eigenvalue weighted by Gasteiger charge is 2.51. The third-order valence-electron chi connectivity index (χ3n) is 10.6. The maximum atomic E-state index is 14.2. The standard InChI is InChI=1S/C32H48FN3O3.C2HF3O2/c1-30(2,3)35-19-26(23-11-13-25(33)14-12-23)27(20-35)28(37)34-17-15-32(16-18-34,24-9-7-6-8-10-24)21-36-29(38)39-22-31(36,4)5;3-2(4,5)1(6)7/h11-14,24,26-27H,6-10,15-22H2,1-5H3;(H,6,7)/t26-,27+;/m0./s1. The molecule has 12 heteroatoms. The number of hydrogen-bond acceptors (Lipinski definition) is 5. The smallest absolute Gasteiger partial charge is 0.475 e. The lowest BCUT2D eigenvalue weighted by Gasteiger charge is -2.51. The molecule has 0 bridgehead atoms. The molecule has 1 aliphatic carbocycles. The second kappa shape index (κ2) is 13.7. The molecule has 2 amide bonds. The molecule has 4 aliphatic rings. The van der Waals surface area contributed by atoms with E-state index in [1.165, 1.54) is 44.2 Å². The van der Waals surface area contributed by atoms with Gasteiger partial charge in [-0.3, -0.25) is 14.6 Å². The second-order valence-electron chi connectivity index (χ2n) is 15.1. The van der Waals surface area contributed by atoms with Gasteiger partial charge in [0.2, 0.25) is 5.91 Å². The van der Waals surface area contributed by atoms with E-state index in [2.05, 4.69) is 44.4 Å². The normalized spacial score (nSPS) is 25.5. The number of halogens is 4. The van der Waals surface area contributed by atoms with Crippen molar-refractivity contribution in [3.05, 3.63) is 35.6 Å². The van der Waals surface area contributed by atoms with Crippen LogP contribution in [0.2, 0.25) is 0 Å². The molecule has 2 atom stereocenters. The summed E-state index contributed by atoms with van der Waals surface area (Å²) < 4.78 is 50.9. The van der Waals surface area contributed by atoms with Crippen LogP contribution in [0.3, 0.4) is 0 Å². The van der Waals surface area contributed by atoms with Crippen LogP contribution in [0.25, 0.3) is 0 Å². The van der Waals surface area contributed by atoms with Gasteiger partial charge >= 0.3 is 18.2 Å². The average Bonchev–Trinajstić information content (AvgIpc) is 3.55. The van der Waals surface area contributed by atoms with Crippen molar-refractivity contribution in [2.24, 2.45) is 17.3 Å². The van der Waals surface area contributed by atoms with E-state index in [0.29, 0.717) is 12.5 Å². The molecule has 46 heavy (non-hydrogen) atoms. The molecule has 3 heterocycles. The zero-order chi connectivity index (χ0) is 34.1. The second-order valence-corrected chi connectivity index (χ2v) is 15.1. The van der Waals surface area contributed by atoms with Crippen LogP contribution >= 0.6 is 0 Å². The predicted molar refractivity (Wildman–Crippen MR) is 165 cm³/mol. The summed E-state index contributed by atoms with van der Waals surface area (Å²) in [5.41, 5.74) is 0.739. The molecule has 258 valence electrons. The van der Waals surface area contributed by atoms with Gasteiger partial charge in [0, 0.05) is 44.2 Å². The summed E-state index contributed by atoms with van der Waals surface area (Å²) in [6, 6.07) is 6.74. The monoisotopic (exact) mass is 655 g/mol. The number of piperidine rings is 1. The summed E-state index contributed by atoms with van der Waals surface area (Å²) >= 11 is 0. The molecule has 0 aromatic heterocycles. The molecule has 4 fully saturated rings. The fourth-order valence-electron chi connectivity index (χ4n) is 7.70. The lowest BCUT2D eigenvalue weighted by atomic mass is 9.63. The van der Waals surface area contributed by atoms with Gasteiger partial charge in [-0.15, -0.1) is 0 Å². The number of aliphatic carboxylic acids is 1. The zero-order valence-electron chi connectivity index (χ0n) is 27.7. The summed E-state index contributed by atoms with van der Waals surface area (Å²) in [6.07, 6.45) is 2.83. The van der Waals surface area contributed by atoms with Crippen LogP contribution in [-0.2, 0) is 14.3 Å².